The normalized spacial score (nSPS) is 13.7. The van der Waals surface area contributed by atoms with E-state index in [0.717, 1.165) is 13.2 Å². The molecule has 0 aromatic carbocycles. The molecule has 0 bridgehead atoms. The zero-order chi connectivity index (χ0) is 26.7. The largest absolute Gasteiger partial charge is 0.381 e. The molecular formula is C28H62O2S4Si2. The number of hydrogen-bond acceptors (Lipinski definition) is 6. The Bertz CT molecular complexity index is 380. The van der Waals surface area contributed by atoms with Gasteiger partial charge in [0, 0.05) is 24.7 Å². The van der Waals surface area contributed by atoms with Gasteiger partial charge >= 0.3 is 0 Å². The molecule has 0 heterocycles. The van der Waals surface area contributed by atoms with Crippen LogP contribution in [0.3, 0.4) is 0 Å². The summed E-state index contributed by atoms with van der Waals surface area (Å²) in [7, 11) is 6.41. The predicted octanol–water partition coefficient (Wildman–Crippen LogP) is 10.8. The molecule has 0 saturated heterocycles. The average molecular weight is 615 g/mol. The molecule has 0 aliphatic rings. The fourth-order valence-electron chi connectivity index (χ4n) is 4.96. The van der Waals surface area contributed by atoms with Crippen molar-refractivity contribution in [3.8, 4) is 0 Å². The molecule has 2 nitrogen and oxygen atoms in total. The van der Waals surface area contributed by atoms with Crippen LogP contribution in [-0.4, -0.2) is 53.8 Å². The van der Waals surface area contributed by atoms with Crippen LogP contribution in [0.25, 0.3) is 0 Å². The zero-order valence-corrected chi connectivity index (χ0v) is 30.5. The van der Waals surface area contributed by atoms with E-state index in [1.807, 2.05) is 19.7 Å². The monoisotopic (exact) mass is 614 g/mol. The Hall–Kier alpha value is 1.75. The van der Waals surface area contributed by atoms with Crippen molar-refractivity contribution >= 4 is 58.8 Å². The second-order valence-corrected chi connectivity index (χ2v) is 23.1. The molecule has 0 fully saturated rings. The molecule has 0 spiro atoms. The Kier molecular flexibility index (Phi) is 31.2. The Morgan fingerprint density at radius 3 is 1.03 bits per heavy atom. The van der Waals surface area contributed by atoms with Crippen LogP contribution in [0.5, 0.6) is 0 Å². The van der Waals surface area contributed by atoms with E-state index in [2.05, 4.69) is 63.1 Å². The molecule has 2 atom stereocenters. The molecule has 0 aromatic rings. The minimum atomic E-state index is -0.843. The lowest BCUT2D eigenvalue weighted by Gasteiger charge is -2.26. The fourth-order valence-corrected chi connectivity index (χ4v) is 20.6. The van der Waals surface area contributed by atoms with Gasteiger partial charge in [-0.1, -0.05) is 151 Å². The predicted molar refractivity (Wildman–Crippen MR) is 183 cm³/mol. The number of unbranched alkanes of at least 4 members (excludes halogenated alkanes) is 8. The van der Waals surface area contributed by atoms with Gasteiger partial charge in [-0.2, -0.15) is 0 Å². The molecule has 0 rings (SSSR count). The Morgan fingerprint density at radius 2 is 0.778 bits per heavy atom. The van der Waals surface area contributed by atoms with Crippen LogP contribution < -0.4 is 0 Å². The van der Waals surface area contributed by atoms with Crippen LogP contribution in [0.2, 0.25) is 24.2 Å². The maximum Gasteiger partial charge on any atom is 0.0728 e. The summed E-state index contributed by atoms with van der Waals surface area (Å²) in [4.78, 5) is 0. The highest BCUT2D eigenvalue weighted by Gasteiger charge is 2.25. The molecule has 0 aromatic heterocycles. The SMILES string of the molecule is CCCCC[SiH](CCCCC)C(CSSSSCC(OCC)[SiH](CCCCC)CCCCC)OCC. The number of rotatable bonds is 29. The van der Waals surface area contributed by atoms with Crippen LogP contribution in [0.1, 0.15) is 119 Å². The van der Waals surface area contributed by atoms with E-state index >= 15 is 0 Å². The quantitative estimate of drug-likeness (QED) is 0.0470. The van der Waals surface area contributed by atoms with Gasteiger partial charge in [0.2, 0.25) is 0 Å². The second-order valence-electron chi connectivity index (χ2n) is 10.2. The van der Waals surface area contributed by atoms with Crippen LogP contribution in [0, 0.1) is 0 Å². The standard InChI is InChI=1S/C28H62O2S4Si2/c1-7-13-17-21-35(22-18-14-8-2)27(29-11-5)25-31-33-34-32-26-28(30-12-6)36(23-19-15-9-3)24-20-16-10-4/h27-28,35-36H,7-26H2,1-6H3. The molecule has 0 saturated carbocycles. The first-order valence-corrected chi connectivity index (χ1v) is 25.2. The van der Waals surface area contributed by atoms with Crippen molar-refractivity contribution in [1.82, 2.24) is 0 Å². The third-order valence-corrected chi connectivity index (χ3v) is 21.8. The lowest BCUT2D eigenvalue weighted by molar-refractivity contribution is 0.128. The van der Waals surface area contributed by atoms with Gasteiger partial charge in [0.15, 0.2) is 0 Å². The third-order valence-electron chi connectivity index (χ3n) is 7.12. The first-order valence-electron chi connectivity index (χ1n) is 15.5. The summed E-state index contributed by atoms with van der Waals surface area (Å²) in [5.74, 6) is 2.36. The van der Waals surface area contributed by atoms with E-state index in [1.165, 1.54) is 113 Å². The number of ether oxygens (including phenoxy) is 2. The Morgan fingerprint density at radius 1 is 0.472 bits per heavy atom. The van der Waals surface area contributed by atoms with Crippen molar-refractivity contribution < 1.29 is 9.47 Å². The summed E-state index contributed by atoms with van der Waals surface area (Å²) in [6, 6.07) is 5.92. The van der Waals surface area contributed by atoms with Crippen molar-refractivity contribution in [2.24, 2.45) is 0 Å². The highest BCUT2D eigenvalue weighted by atomic mass is 33.7. The summed E-state index contributed by atoms with van der Waals surface area (Å²) in [6.07, 6.45) is 16.6. The van der Waals surface area contributed by atoms with Gasteiger partial charge < -0.3 is 9.47 Å². The molecule has 36 heavy (non-hydrogen) atoms. The summed E-state index contributed by atoms with van der Waals surface area (Å²) >= 11 is 0. The average Bonchev–Trinajstić information content (AvgIpc) is 2.88. The van der Waals surface area contributed by atoms with Crippen molar-refractivity contribution in [1.29, 1.82) is 0 Å². The highest BCUT2D eigenvalue weighted by molar-refractivity contribution is 9.26. The van der Waals surface area contributed by atoms with Gasteiger partial charge in [-0.15, -0.1) is 0 Å². The van der Waals surface area contributed by atoms with Gasteiger partial charge in [-0.3, -0.25) is 0 Å². The minimum Gasteiger partial charge on any atom is -0.381 e. The summed E-state index contributed by atoms with van der Waals surface area (Å²) < 4.78 is 12.7. The molecule has 218 valence electrons. The smallest absolute Gasteiger partial charge is 0.0728 e. The van der Waals surface area contributed by atoms with Crippen LogP contribution in [-0.2, 0) is 9.47 Å². The molecule has 0 amide bonds. The van der Waals surface area contributed by atoms with Crippen molar-refractivity contribution in [2.45, 2.75) is 154 Å². The summed E-state index contributed by atoms with van der Waals surface area (Å²) in [5.41, 5.74) is 1.11. The Balaban J connectivity index is 4.60. The second kappa shape index (κ2) is 29.7. The van der Waals surface area contributed by atoms with E-state index in [4.69, 9.17) is 9.47 Å². The topological polar surface area (TPSA) is 18.5 Å². The van der Waals surface area contributed by atoms with Crippen molar-refractivity contribution in [3.63, 3.8) is 0 Å². The van der Waals surface area contributed by atoms with E-state index < -0.39 is 17.6 Å². The maximum atomic E-state index is 6.36. The van der Waals surface area contributed by atoms with Gasteiger partial charge in [-0.25, -0.2) is 0 Å². The zero-order valence-electron chi connectivity index (χ0n) is 24.9. The van der Waals surface area contributed by atoms with Gasteiger partial charge in [-0.05, 0) is 33.5 Å². The lowest BCUT2D eigenvalue weighted by atomic mass is 10.3. The highest BCUT2D eigenvalue weighted by Crippen LogP contribution is 2.44. The third kappa shape index (κ3) is 21.6. The van der Waals surface area contributed by atoms with Crippen LogP contribution in [0.4, 0.5) is 0 Å². The van der Waals surface area contributed by atoms with E-state index in [-0.39, 0.29) is 0 Å². The van der Waals surface area contributed by atoms with Crippen molar-refractivity contribution in [3.05, 3.63) is 0 Å². The van der Waals surface area contributed by atoms with Gasteiger partial charge in [0.1, 0.15) is 0 Å². The number of hydrogen-bond donors (Lipinski definition) is 0. The van der Waals surface area contributed by atoms with Crippen molar-refractivity contribution in [2.75, 3.05) is 24.7 Å². The molecule has 0 N–H and O–H groups in total. The first-order chi connectivity index (χ1) is 17.7. The molecule has 2 unspecified atom stereocenters. The Labute approximate surface area is 245 Å². The first kappa shape index (κ1) is 37.8. The molecule has 0 aliphatic carbocycles. The maximum absolute atomic E-state index is 6.36. The van der Waals surface area contributed by atoms with E-state index in [1.54, 1.807) is 0 Å². The van der Waals surface area contributed by atoms with Crippen LogP contribution in [0.15, 0.2) is 0 Å². The van der Waals surface area contributed by atoms with E-state index in [0.29, 0.717) is 11.5 Å². The molecular weight excluding hydrogens is 553 g/mol. The molecule has 0 radical (unpaired) electrons. The minimum absolute atomic E-state index is 0.553. The molecule has 0 aliphatic heterocycles. The summed E-state index contributed by atoms with van der Waals surface area (Å²) in [5, 5.41) is 0. The molecule has 8 heteroatoms. The van der Waals surface area contributed by atoms with E-state index in [9.17, 15) is 0 Å². The van der Waals surface area contributed by atoms with Gasteiger partial charge in [0.05, 0.1) is 29.0 Å². The van der Waals surface area contributed by atoms with Crippen LogP contribution >= 0.6 is 41.2 Å². The summed E-state index contributed by atoms with van der Waals surface area (Å²) in [6.45, 7) is 15.4. The fraction of sp³-hybridized carbons (Fsp3) is 1.00. The lowest BCUT2D eigenvalue weighted by Crippen LogP contribution is -2.35. The van der Waals surface area contributed by atoms with Gasteiger partial charge in [0.25, 0.3) is 0 Å².